The van der Waals surface area contributed by atoms with Crippen molar-refractivity contribution in [1.82, 2.24) is 10.2 Å². The minimum absolute atomic E-state index is 0.133. The molecule has 3 rings (SSSR count). The highest BCUT2D eigenvalue weighted by molar-refractivity contribution is 7.92. The quantitative estimate of drug-likeness (QED) is 0.387. The van der Waals surface area contributed by atoms with E-state index in [1.165, 1.54) is 17.0 Å². The Morgan fingerprint density at radius 3 is 2.16 bits per heavy atom. The molecule has 2 amide bonds. The third-order valence-electron chi connectivity index (χ3n) is 6.17. The summed E-state index contributed by atoms with van der Waals surface area (Å²) in [5, 5.41) is 2.78. The van der Waals surface area contributed by atoms with Gasteiger partial charge in [-0.05, 0) is 69.2 Å². The summed E-state index contributed by atoms with van der Waals surface area (Å²) in [5.74, 6) is -1.41. The number of sulfonamides is 1. The van der Waals surface area contributed by atoms with E-state index in [9.17, 15) is 22.4 Å². The van der Waals surface area contributed by atoms with E-state index < -0.39 is 34.3 Å². The van der Waals surface area contributed by atoms with Crippen LogP contribution in [0.2, 0.25) is 0 Å². The molecule has 0 aliphatic carbocycles. The molecule has 0 aliphatic rings. The van der Waals surface area contributed by atoms with E-state index in [1.807, 2.05) is 45.0 Å². The number of amides is 2. The van der Waals surface area contributed by atoms with Crippen molar-refractivity contribution in [3.63, 3.8) is 0 Å². The van der Waals surface area contributed by atoms with E-state index >= 15 is 0 Å². The number of halogens is 1. The molecule has 0 saturated heterocycles. The minimum atomic E-state index is -4.24. The second-order valence-corrected chi connectivity index (χ2v) is 11.0. The van der Waals surface area contributed by atoms with Crippen LogP contribution in [-0.2, 0) is 26.2 Å². The average Bonchev–Trinajstić information content (AvgIpc) is 2.88. The van der Waals surface area contributed by atoms with Crippen molar-refractivity contribution < 1.29 is 22.4 Å². The van der Waals surface area contributed by atoms with Crippen molar-refractivity contribution in [2.24, 2.45) is 0 Å². The molecular weight excluding hydrogens is 505 g/mol. The first-order valence-electron chi connectivity index (χ1n) is 12.5. The number of rotatable bonds is 11. The van der Waals surface area contributed by atoms with Crippen LogP contribution >= 0.6 is 0 Å². The summed E-state index contributed by atoms with van der Waals surface area (Å²) in [6.45, 7) is 7.41. The van der Waals surface area contributed by atoms with Gasteiger partial charge in [-0.3, -0.25) is 13.9 Å². The number of benzene rings is 3. The van der Waals surface area contributed by atoms with Crippen molar-refractivity contribution >= 4 is 27.5 Å². The van der Waals surface area contributed by atoms with Crippen molar-refractivity contribution in [3.8, 4) is 0 Å². The Hall–Kier alpha value is -3.72. The Morgan fingerprint density at radius 2 is 1.58 bits per heavy atom. The number of anilines is 1. The number of carbonyl (C=O) groups is 2. The second-order valence-electron chi connectivity index (χ2n) is 9.13. The first kappa shape index (κ1) is 28.8. The standard InChI is InChI=1S/C29H34FN3O4S/c1-5-27(29(35)31-6-2)32(19-23-9-7-8-22(4)18-23)28(34)20-33(25-14-10-21(3)11-15-25)38(36,37)26-16-12-24(30)13-17-26/h7-18,27H,5-6,19-20H2,1-4H3,(H,31,35)/t27-/m1/s1. The lowest BCUT2D eigenvalue weighted by molar-refractivity contribution is -0.140. The molecule has 0 radical (unpaired) electrons. The normalized spacial score (nSPS) is 12.0. The summed E-state index contributed by atoms with van der Waals surface area (Å²) in [4.78, 5) is 28.1. The van der Waals surface area contributed by atoms with Gasteiger partial charge in [-0.15, -0.1) is 0 Å². The van der Waals surface area contributed by atoms with Gasteiger partial charge in [0.25, 0.3) is 10.0 Å². The number of hydrogen-bond acceptors (Lipinski definition) is 4. The predicted octanol–water partition coefficient (Wildman–Crippen LogP) is 4.58. The van der Waals surface area contributed by atoms with Gasteiger partial charge in [-0.2, -0.15) is 0 Å². The smallest absolute Gasteiger partial charge is 0.264 e. The highest BCUT2D eigenvalue weighted by atomic mass is 32.2. The number of aryl methyl sites for hydroxylation is 2. The molecule has 0 fully saturated rings. The van der Waals surface area contributed by atoms with Gasteiger partial charge >= 0.3 is 0 Å². The maximum absolute atomic E-state index is 13.9. The molecule has 0 saturated carbocycles. The third kappa shape index (κ3) is 6.98. The Bertz CT molecular complexity index is 1360. The van der Waals surface area contributed by atoms with Gasteiger partial charge in [0, 0.05) is 13.1 Å². The molecule has 0 aliphatic heterocycles. The van der Waals surface area contributed by atoms with Gasteiger partial charge in [0.05, 0.1) is 10.6 Å². The first-order chi connectivity index (χ1) is 18.1. The zero-order valence-corrected chi connectivity index (χ0v) is 23.0. The molecule has 202 valence electrons. The molecule has 38 heavy (non-hydrogen) atoms. The fourth-order valence-corrected chi connectivity index (χ4v) is 5.61. The molecular formula is C29H34FN3O4S. The van der Waals surface area contributed by atoms with Gasteiger partial charge in [0.1, 0.15) is 18.4 Å². The van der Waals surface area contributed by atoms with Crippen molar-refractivity contribution in [1.29, 1.82) is 0 Å². The lowest BCUT2D eigenvalue weighted by Gasteiger charge is -2.33. The maximum Gasteiger partial charge on any atom is 0.264 e. The Kier molecular flexibility index (Phi) is 9.63. The van der Waals surface area contributed by atoms with Crippen LogP contribution in [0, 0.1) is 19.7 Å². The van der Waals surface area contributed by atoms with Crippen LogP contribution in [0.4, 0.5) is 10.1 Å². The Labute approximate surface area is 224 Å². The van der Waals surface area contributed by atoms with Crippen molar-refractivity contribution in [2.75, 3.05) is 17.4 Å². The summed E-state index contributed by atoms with van der Waals surface area (Å²) < 4.78 is 42.0. The molecule has 0 unspecified atom stereocenters. The molecule has 0 heterocycles. The van der Waals surface area contributed by atoms with E-state index in [-0.39, 0.29) is 23.0 Å². The molecule has 9 heteroatoms. The number of nitrogens with one attached hydrogen (secondary N) is 1. The Morgan fingerprint density at radius 1 is 0.921 bits per heavy atom. The lowest BCUT2D eigenvalue weighted by atomic mass is 10.1. The van der Waals surface area contributed by atoms with Crippen molar-refractivity contribution in [3.05, 3.63) is 95.3 Å². The average molecular weight is 540 g/mol. The third-order valence-corrected chi connectivity index (χ3v) is 7.96. The fraction of sp³-hybridized carbons (Fsp3) is 0.310. The molecule has 3 aromatic carbocycles. The topological polar surface area (TPSA) is 86.8 Å². The van der Waals surface area contributed by atoms with Crippen LogP contribution in [0.1, 0.15) is 37.0 Å². The SMILES string of the molecule is CCNC(=O)[C@@H](CC)N(Cc1cccc(C)c1)C(=O)CN(c1ccc(C)cc1)S(=O)(=O)c1ccc(F)cc1. The van der Waals surface area contributed by atoms with E-state index in [1.54, 1.807) is 31.2 Å². The highest BCUT2D eigenvalue weighted by Gasteiger charge is 2.33. The number of nitrogens with zero attached hydrogens (tertiary/aromatic N) is 2. The van der Waals surface area contributed by atoms with Gasteiger partial charge < -0.3 is 10.2 Å². The number of likely N-dealkylation sites (N-methyl/N-ethyl adjacent to an activating group) is 1. The monoisotopic (exact) mass is 539 g/mol. The summed E-state index contributed by atoms with van der Waals surface area (Å²) in [6, 6.07) is 18.0. The largest absolute Gasteiger partial charge is 0.355 e. The molecule has 3 aromatic rings. The Balaban J connectivity index is 2.05. The van der Waals surface area contributed by atoms with Crippen LogP contribution in [0.3, 0.4) is 0 Å². The molecule has 0 aromatic heterocycles. The fourth-order valence-electron chi connectivity index (χ4n) is 4.19. The minimum Gasteiger partial charge on any atom is -0.355 e. The molecule has 0 bridgehead atoms. The zero-order valence-electron chi connectivity index (χ0n) is 22.1. The van der Waals surface area contributed by atoms with Crippen molar-refractivity contribution in [2.45, 2.75) is 51.6 Å². The van der Waals surface area contributed by atoms with Crippen LogP contribution in [-0.4, -0.2) is 44.3 Å². The van der Waals surface area contributed by atoms with E-state index in [0.29, 0.717) is 13.0 Å². The van der Waals surface area contributed by atoms with Crippen LogP contribution in [0.5, 0.6) is 0 Å². The van der Waals surface area contributed by atoms with Crippen LogP contribution in [0.25, 0.3) is 0 Å². The molecule has 0 spiro atoms. The number of carbonyl (C=O) groups excluding carboxylic acids is 2. The summed E-state index contributed by atoms with van der Waals surface area (Å²) >= 11 is 0. The van der Waals surface area contributed by atoms with Crippen LogP contribution < -0.4 is 9.62 Å². The molecule has 7 nitrogen and oxygen atoms in total. The van der Waals surface area contributed by atoms with Gasteiger partial charge in [-0.25, -0.2) is 12.8 Å². The summed E-state index contributed by atoms with van der Waals surface area (Å²) in [5.41, 5.74) is 3.03. The van der Waals surface area contributed by atoms with E-state index in [0.717, 1.165) is 33.1 Å². The molecule has 1 N–H and O–H groups in total. The second kappa shape index (κ2) is 12.7. The van der Waals surface area contributed by atoms with Gasteiger partial charge in [-0.1, -0.05) is 54.4 Å². The van der Waals surface area contributed by atoms with Crippen LogP contribution in [0.15, 0.2) is 77.7 Å². The number of hydrogen-bond donors (Lipinski definition) is 1. The van der Waals surface area contributed by atoms with Gasteiger partial charge in [0.2, 0.25) is 11.8 Å². The van der Waals surface area contributed by atoms with E-state index in [4.69, 9.17) is 0 Å². The summed E-state index contributed by atoms with van der Waals surface area (Å²) in [6.07, 6.45) is 0.346. The highest BCUT2D eigenvalue weighted by Crippen LogP contribution is 2.25. The summed E-state index contributed by atoms with van der Waals surface area (Å²) in [7, 11) is -4.24. The lowest BCUT2D eigenvalue weighted by Crippen LogP contribution is -2.52. The zero-order chi connectivity index (χ0) is 27.9. The maximum atomic E-state index is 13.9. The molecule has 1 atom stereocenters. The first-order valence-corrected chi connectivity index (χ1v) is 14.0. The van der Waals surface area contributed by atoms with E-state index in [2.05, 4.69) is 5.32 Å². The predicted molar refractivity (Wildman–Crippen MR) is 147 cm³/mol. The van der Waals surface area contributed by atoms with Gasteiger partial charge in [0.15, 0.2) is 0 Å².